The Morgan fingerprint density at radius 1 is 1.19 bits per heavy atom. The highest BCUT2D eigenvalue weighted by Gasteiger charge is 2.24. The second kappa shape index (κ2) is 8.38. The largest absolute Gasteiger partial charge is 0.480 e. The van der Waals surface area contributed by atoms with Crippen molar-refractivity contribution in [2.75, 3.05) is 0 Å². The summed E-state index contributed by atoms with van der Waals surface area (Å²) in [6.45, 7) is 1.84. The van der Waals surface area contributed by atoms with E-state index in [1.807, 2.05) is 43.3 Å². The van der Waals surface area contributed by atoms with E-state index in [2.05, 4.69) is 27.0 Å². The molecule has 0 bridgehead atoms. The maximum atomic E-state index is 11.8. The quantitative estimate of drug-likeness (QED) is 0.523. The van der Waals surface area contributed by atoms with E-state index in [0.717, 1.165) is 27.4 Å². The van der Waals surface area contributed by atoms with E-state index in [0.29, 0.717) is 21.8 Å². The zero-order valence-corrected chi connectivity index (χ0v) is 16.8. The SMILES string of the molecule is Cc1cc(-c2ccc(Br)cc2)nc(SC(C(=O)O)c2ccccc2)c1C#N. The Balaban J connectivity index is 2.06. The molecule has 1 N–H and O–H groups in total. The maximum absolute atomic E-state index is 11.8. The van der Waals surface area contributed by atoms with Gasteiger partial charge in [0.2, 0.25) is 0 Å². The van der Waals surface area contributed by atoms with E-state index in [-0.39, 0.29) is 0 Å². The van der Waals surface area contributed by atoms with Crippen molar-refractivity contribution in [3.63, 3.8) is 0 Å². The van der Waals surface area contributed by atoms with Crippen LogP contribution in [0.2, 0.25) is 0 Å². The Hall–Kier alpha value is -2.62. The third-order valence-electron chi connectivity index (χ3n) is 3.99. The van der Waals surface area contributed by atoms with Crippen LogP contribution in [0.15, 0.2) is 70.2 Å². The summed E-state index contributed by atoms with van der Waals surface area (Å²) in [4.78, 5) is 16.5. The Labute approximate surface area is 170 Å². The average Bonchev–Trinajstić information content (AvgIpc) is 2.66. The van der Waals surface area contributed by atoms with Crippen molar-refractivity contribution in [2.24, 2.45) is 0 Å². The summed E-state index contributed by atoms with van der Waals surface area (Å²) < 4.78 is 0.959. The second-order valence-electron chi connectivity index (χ2n) is 5.87. The number of benzene rings is 2. The molecule has 0 amide bonds. The molecule has 0 fully saturated rings. The molecule has 6 heteroatoms. The molecule has 4 nitrogen and oxygen atoms in total. The van der Waals surface area contributed by atoms with Crippen molar-refractivity contribution in [1.82, 2.24) is 4.98 Å². The van der Waals surface area contributed by atoms with Crippen LogP contribution in [0, 0.1) is 18.3 Å². The van der Waals surface area contributed by atoms with E-state index >= 15 is 0 Å². The molecule has 0 saturated carbocycles. The highest BCUT2D eigenvalue weighted by molar-refractivity contribution is 9.10. The molecule has 0 radical (unpaired) electrons. The van der Waals surface area contributed by atoms with Gasteiger partial charge in [0.05, 0.1) is 11.3 Å². The van der Waals surface area contributed by atoms with Crippen molar-refractivity contribution < 1.29 is 9.90 Å². The van der Waals surface area contributed by atoms with Gasteiger partial charge in [0.25, 0.3) is 0 Å². The van der Waals surface area contributed by atoms with Gasteiger partial charge < -0.3 is 5.11 Å². The molecule has 0 spiro atoms. The number of aliphatic carboxylic acids is 1. The molecule has 0 aliphatic carbocycles. The lowest BCUT2D eigenvalue weighted by Crippen LogP contribution is -2.09. The van der Waals surface area contributed by atoms with E-state index in [4.69, 9.17) is 0 Å². The van der Waals surface area contributed by atoms with Gasteiger partial charge in [0, 0.05) is 10.0 Å². The molecule has 1 unspecified atom stereocenters. The first-order valence-electron chi connectivity index (χ1n) is 8.11. The monoisotopic (exact) mass is 438 g/mol. The van der Waals surface area contributed by atoms with Crippen molar-refractivity contribution in [1.29, 1.82) is 5.26 Å². The molecule has 27 heavy (non-hydrogen) atoms. The van der Waals surface area contributed by atoms with Gasteiger partial charge in [0.1, 0.15) is 16.3 Å². The molecule has 1 aromatic heterocycles. The van der Waals surface area contributed by atoms with E-state index < -0.39 is 11.2 Å². The Morgan fingerprint density at radius 3 is 2.44 bits per heavy atom. The minimum absolute atomic E-state index is 0.406. The molecular formula is C21H15BrN2O2S. The second-order valence-corrected chi connectivity index (χ2v) is 7.88. The summed E-state index contributed by atoms with van der Waals surface area (Å²) in [5.41, 5.74) is 3.44. The van der Waals surface area contributed by atoms with Crippen LogP contribution in [-0.4, -0.2) is 16.1 Å². The number of hydrogen-bond acceptors (Lipinski definition) is 4. The van der Waals surface area contributed by atoms with Crippen LogP contribution in [-0.2, 0) is 4.79 Å². The number of nitriles is 1. The van der Waals surface area contributed by atoms with E-state index in [9.17, 15) is 15.2 Å². The zero-order chi connectivity index (χ0) is 19.4. The molecule has 1 atom stereocenters. The molecular weight excluding hydrogens is 424 g/mol. The summed E-state index contributed by atoms with van der Waals surface area (Å²) >= 11 is 4.50. The van der Waals surface area contributed by atoms with Gasteiger partial charge in [-0.25, -0.2) is 4.98 Å². The molecule has 1 heterocycles. The van der Waals surface area contributed by atoms with Crippen LogP contribution >= 0.6 is 27.7 Å². The smallest absolute Gasteiger partial charge is 0.321 e. The van der Waals surface area contributed by atoms with Crippen LogP contribution in [0.4, 0.5) is 0 Å². The average molecular weight is 439 g/mol. The molecule has 3 aromatic rings. The number of hydrogen-bond donors (Lipinski definition) is 1. The fourth-order valence-electron chi connectivity index (χ4n) is 2.63. The molecule has 3 rings (SSSR count). The van der Waals surface area contributed by atoms with Crippen LogP contribution in [0.5, 0.6) is 0 Å². The zero-order valence-electron chi connectivity index (χ0n) is 14.4. The van der Waals surface area contributed by atoms with E-state index in [1.54, 1.807) is 24.3 Å². The third kappa shape index (κ3) is 4.38. The lowest BCUT2D eigenvalue weighted by atomic mass is 10.1. The Morgan fingerprint density at radius 2 is 1.85 bits per heavy atom. The predicted octanol–water partition coefficient (Wildman–Crippen LogP) is 5.61. The van der Waals surface area contributed by atoms with Crippen molar-refractivity contribution in [2.45, 2.75) is 17.2 Å². The number of carbonyl (C=O) groups is 1. The molecule has 0 aliphatic rings. The van der Waals surface area contributed by atoms with E-state index in [1.165, 1.54) is 0 Å². The van der Waals surface area contributed by atoms with Crippen molar-refractivity contribution in [3.8, 4) is 17.3 Å². The van der Waals surface area contributed by atoms with Gasteiger partial charge in [-0.05, 0) is 36.2 Å². The molecule has 0 aliphatic heterocycles. The number of carboxylic acids is 1. The number of pyridine rings is 1. The van der Waals surface area contributed by atoms with Crippen LogP contribution < -0.4 is 0 Å². The number of thioether (sulfide) groups is 1. The first-order valence-corrected chi connectivity index (χ1v) is 9.79. The van der Waals surface area contributed by atoms with Gasteiger partial charge in [0.15, 0.2) is 0 Å². The van der Waals surface area contributed by atoms with Crippen molar-refractivity contribution in [3.05, 3.63) is 81.8 Å². The van der Waals surface area contributed by atoms with Gasteiger partial charge in [-0.1, -0.05) is 70.2 Å². The normalized spacial score (nSPS) is 11.6. The number of halogens is 1. The Bertz CT molecular complexity index is 1010. The third-order valence-corrected chi connectivity index (χ3v) is 5.75. The number of carboxylic acid groups (broad SMARTS) is 1. The summed E-state index contributed by atoms with van der Waals surface area (Å²) in [5.74, 6) is -0.969. The summed E-state index contributed by atoms with van der Waals surface area (Å²) in [6, 6.07) is 20.7. The number of aryl methyl sites for hydroxylation is 1. The summed E-state index contributed by atoms with van der Waals surface area (Å²) in [6.07, 6.45) is 0. The lowest BCUT2D eigenvalue weighted by Gasteiger charge is -2.15. The van der Waals surface area contributed by atoms with Crippen LogP contribution in [0.1, 0.15) is 21.9 Å². The standard InChI is InChI=1S/C21H15BrN2O2S/c1-13-11-18(14-7-9-16(22)10-8-14)24-20(17(13)12-23)27-19(21(25)26)15-5-3-2-4-6-15/h2-11,19H,1H3,(H,25,26). The van der Waals surface area contributed by atoms with Crippen molar-refractivity contribution >= 4 is 33.7 Å². The predicted molar refractivity (Wildman–Crippen MR) is 110 cm³/mol. The first kappa shape index (κ1) is 19.2. The molecule has 134 valence electrons. The number of rotatable bonds is 5. The Kier molecular flexibility index (Phi) is 5.94. The number of nitrogens with zero attached hydrogens (tertiary/aromatic N) is 2. The molecule has 0 saturated heterocycles. The first-order chi connectivity index (χ1) is 13.0. The topological polar surface area (TPSA) is 74.0 Å². The van der Waals surface area contributed by atoms with Gasteiger partial charge in [-0.2, -0.15) is 5.26 Å². The highest BCUT2D eigenvalue weighted by Crippen LogP contribution is 2.38. The minimum atomic E-state index is -0.969. The van der Waals surface area contributed by atoms with Crippen LogP contribution in [0.3, 0.4) is 0 Å². The maximum Gasteiger partial charge on any atom is 0.321 e. The minimum Gasteiger partial charge on any atom is -0.480 e. The van der Waals surface area contributed by atoms with Gasteiger partial charge in [-0.3, -0.25) is 4.79 Å². The van der Waals surface area contributed by atoms with Gasteiger partial charge >= 0.3 is 5.97 Å². The fourth-order valence-corrected chi connectivity index (χ4v) is 3.99. The number of aromatic nitrogens is 1. The lowest BCUT2D eigenvalue weighted by molar-refractivity contribution is -0.136. The van der Waals surface area contributed by atoms with Crippen LogP contribution in [0.25, 0.3) is 11.3 Å². The van der Waals surface area contributed by atoms with Gasteiger partial charge in [-0.15, -0.1) is 0 Å². The molecule has 2 aromatic carbocycles. The highest BCUT2D eigenvalue weighted by atomic mass is 79.9. The summed E-state index contributed by atoms with van der Waals surface area (Å²) in [7, 11) is 0. The fraction of sp³-hybridized carbons (Fsp3) is 0.0952. The summed E-state index contributed by atoms with van der Waals surface area (Å²) in [5, 5.41) is 18.8.